The van der Waals surface area contributed by atoms with Gasteiger partial charge in [0.05, 0.1) is 6.54 Å². The van der Waals surface area contributed by atoms with Gasteiger partial charge in [-0.2, -0.15) is 0 Å². The fourth-order valence-corrected chi connectivity index (χ4v) is 4.83. The number of carboxylic acid groups (broad SMARTS) is 3. The van der Waals surface area contributed by atoms with E-state index in [0.29, 0.717) is 6.42 Å². The van der Waals surface area contributed by atoms with E-state index in [-0.39, 0.29) is 6.54 Å². The molecule has 0 saturated heterocycles. The molecule has 0 spiro atoms. The van der Waals surface area contributed by atoms with E-state index in [0.717, 1.165) is 25.7 Å². The summed E-state index contributed by atoms with van der Waals surface area (Å²) in [7, 11) is 0. The first-order valence-electron chi connectivity index (χ1n) is 13.9. The van der Waals surface area contributed by atoms with Gasteiger partial charge < -0.3 is 15.3 Å². The van der Waals surface area contributed by atoms with Crippen LogP contribution in [0.15, 0.2) is 12.7 Å². The summed E-state index contributed by atoms with van der Waals surface area (Å²) in [4.78, 5) is 33.5. The predicted octanol–water partition coefficient (Wildman–Crippen LogP) is 6.65. The van der Waals surface area contributed by atoms with Crippen LogP contribution in [0.5, 0.6) is 0 Å². The molecule has 0 fully saturated rings. The monoisotopic (exact) mass is 498 g/mol. The van der Waals surface area contributed by atoms with Crippen molar-refractivity contribution in [3.8, 4) is 0 Å². The number of allylic oxidation sites excluding steroid dienone is 1. The average molecular weight is 499 g/mol. The summed E-state index contributed by atoms with van der Waals surface area (Å²) >= 11 is 0. The van der Waals surface area contributed by atoms with E-state index in [1.54, 1.807) is 0 Å². The standard InChI is InChI=1S/C28H51NO6/c1-2-3-4-5-6-7-8-9-10-11-12-13-14-15-16-17-18-19-20-21-22-29(23-26(30)31,24-27(32)33)25-28(34)35/h2H,1,3-25H2,(H2-,30,31,32,33,34,35)/p+1. The van der Waals surface area contributed by atoms with Crippen LogP contribution in [-0.4, -0.2) is 63.9 Å². The predicted molar refractivity (Wildman–Crippen MR) is 141 cm³/mol. The summed E-state index contributed by atoms with van der Waals surface area (Å²) in [5.41, 5.74) is 0. The summed E-state index contributed by atoms with van der Waals surface area (Å²) in [6, 6.07) is 0. The number of hydrogen-bond donors (Lipinski definition) is 3. The molecule has 0 unspecified atom stereocenters. The van der Waals surface area contributed by atoms with Gasteiger partial charge in [-0.25, -0.2) is 14.4 Å². The zero-order chi connectivity index (χ0) is 26.2. The minimum atomic E-state index is -1.17. The van der Waals surface area contributed by atoms with Crippen molar-refractivity contribution in [2.45, 2.75) is 122 Å². The molecule has 7 nitrogen and oxygen atoms in total. The van der Waals surface area contributed by atoms with Crippen LogP contribution in [0, 0.1) is 0 Å². The lowest BCUT2D eigenvalue weighted by Gasteiger charge is -2.34. The van der Waals surface area contributed by atoms with E-state index in [1.807, 2.05) is 6.08 Å². The summed E-state index contributed by atoms with van der Waals surface area (Å²) in [6.07, 6.45) is 25.4. The molecule has 0 atom stereocenters. The quantitative estimate of drug-likeness (QED) is 0.0663. The minimum absolute atomic E-state index is 0.265. The molecule has 35 heavy (non-hydrogen) atoms. The Kier molecular flexibility index (Phi) is 21.3. The summed E-state index contributed by atoms with van der Waals surface area (Å²) in [6.45, 7) is 2.59. The van der Waals surface area contributed by atoms with Crippen molar-refractivity contribution in [1.82, 2.24) is 0 Å². The number of quaternary nitrogens is 1. The smallest absolute Gasteiger partial charge is 0.359 e. The van der Waals surface area contributed by atoms with Crippen LogP contribution >= 0.6 is 0 Å². The first-order valence-corrected chi connectivity index (χ1v) is 13.9. The maximum Gasteiger partial charge on any atom is 0.359 e. The highest BCUT2D eigenvalue weighted by molar-refractivity contribution is 5.73. The number of hydrogen-bond acceptors (Lipinski definition) is 3. The molecule has 7 heteroatoms. The van der Waals surface area contributed by atoms with Gasteiger partial charge in [-0.15, -0.1) is 6.58 Å². The second-order valence-corrected chi connectivity index (χ2v) is 10.2. The van der Waals surface area contributed by atoms with E-state index in [2.05, 4.69) is 6.58 Å². The Labute approximate surface area is 213 Å². The van der Waals surface area contributed by atoms with Crippen molar-refractivity contribution in [2.75, 3.05) is 26.2 Å². The van der Waals surface area contributed by atoms with Crippen molar-refractivity contribution in [3.63, 3.8) is 0 Å². The Morgan fingerprint density at radius 1 is 0.486 bits per heavy atom. The molecule has 0 saturated carbocycles. The zero-order valence-corrected chi connectivity index (χ0v) is 22.1. The molecule has 0 aromatic carbocycles. The van der Waals surface area contributed by atoms with Crippen molar-refractivity contribution in [3.05, 3.63) is 12.7 Å². The number of unbranched alkanes of at least 4 members (excludes halogenated alkanes) is 18. The van der Waals surface area contributed by atoms with Crippen LogP contribution in [0.25, 0.3) is 0 Å². The molecular formula is C28H52NO6+. The Morgan fingerprint density at radius 3 is 1.00 bits per heavy atom. The van der Waals surface area contributed by atoms with E-state index in [1.165, 1.54) is 89.9 Å². The molecule has 0 aromatic heterocycles. The van der Waals surface area contributed by atoms with Crippen molar-refractivity contribution < 1.29 is 34.2 Å². The molecule has 0 amide bonds. The number of aliphatic carboxylic acids is 3. The molecule has 0 aliphatic heterocycles. The number of carboxylic acids is 3. The van der Waals surface area contributed by atoms with Crippen molar-refractivity contribution >= 4 is 17.9 Å². The van der Waals surface area contributed by atoms with Gasteiger partial charge in [0.2, 0.25) is 0 Å². The maximum atomic E-state index is 11.2. The van der Waals surface area contributed by atoms with Gasteiger partial charge in [0, 0.05) is 0 Å². The van der Waals surface area contributed by atoms with Crippen LogP contribution in [-0.2, 0) is 14.4 Å². The number of rotatable bonds is 27. The Balaban J connectivity index is 3.66. The SMILES string of the molecule is C=CCCCCCCCCCCCCCCCCCCCC[N+](CC(=O)O)(CC(=O)O)CC(=O)O. The zero-order valence-electron chi connectivity index (χ0n) is 22.1. The molecule has 0 bridgehead atoms. The molecule has 0 aliphatic rings. The van der Waals surface area contributed by atoms with E-state index >= 15 is 0 Å². The lowest BCUT2D eigenvalue weighted by Crippen LogP contribution is -2.57. The normalized spacial score (nSPS) is 11.4. The highest BCUT2D eigenvalue weighted by Gasteiger charge is 2.35. The molecule has 3 N–H and O–H groups in total. The fourth-order valence-electron chi connectivity index (χ4n) is 4.83. The van der Waals surface area contributed by atoms with Gasteiger partial charge in [0.25, 0.3) is 0 Å². The maximum absolute atomic E-state index is 11.2. The first-order chi connectivity index (χ1) is 16.8. The third kappa shape index (κ3) is 22.3. The molecule has 0 radical (unpaired) electrons. The van der Waals surface area contributed by atoms with Gasteiger partial charge in [-0.3, -0.25) is 4.48 Å². The van der Waals surface area contributed by atoms with Crippen molar-refractivity contribution in [2.24, 2.45) is 0 Å². The van der Waals surface area contributed by atoms with E-state index < -0.39 is 42.0 Å². The third-order valence-corrected chi connectivity index (χ3v) is 6.70. The molecule has 204 valence electrons. The molecule has 0 aromatic rings. The number of carbonyl (C=O) groups is 3. The van der Waals surface area contributed by atoms with Crippen LogP contribution < -0.4 is 0 Å². The van der Waals surface area contributed by atoms with Crippen LogP contribution in [0.4, 0.5) is 0 Å². The van der Waals surface area contributed by atoms with Crippen LogP contribution in [0.1, 0.15) is 122 Å². The van der Waals surface area contributed by atoms with E-state index in [9.17, 15) is 14.4 Å². The largest absolute Gasteiger partial charge is 0.477 e. The lowest BCUT2D eigenvalue weighted by molar-refractivity contribution is -0.907. The van der Waals surface area contributed by atoms with Crippen LogP contribution in [0.2, 0.25) is 0 Å². The topological polar surface area (TPSA) is 112 Å². The third-order valence-electron chi connectivity index (χ3n) is 6.70. The van der Waals surface area contributed by atoms with Gasteiger partial charge in [0.1, 0.15) is 0 Å². The molecule has 0 rings (SSSR count). The molecule has 0 aliphatic carbocycles. The van der Waals surface area contributed by atoms with Crippen LogP contribution in [0.3, 0.4) is 0 Å². The first kappa shape index (κ1) is 33.1. The van der Waals surface area contributed by atoms with E-state index in [4.69, 9.17) is 15.3 Å². The van der Waals surface area contributed by atoms with Gasteiger partial charge >= 0.3 is 17.9 Å². The highest BCUT2D eigenvalue weighted by Crippen LogP contribution is 2.16. The second kappa shape index (κ2) is 22.6. The number of nitrogens with zero attached hydrogens (tertiary/aromatic N) is 1. The fraction of sp³-hybridized carbons (Fsp3) is 0.821. The summed E-state index contributed by atoms with van der Waals surface area (Å²) in [5.74, 6) is -3.51. The average Bonchev–Trinajstić information content (AvgIpc) is 2.76. The summed E-state index contributed by atoms with van der Waals surface area (Å²) in [5, 5.41) is 27.4. The minimum Gasteiger partial charge on any atom is -0.477 e. The highest BCUT2D eigenvalue weighted by atomic mass is 16.4. The lowest BCUT2D eigenvalue weighted by atomic mass is 10.0. The van der Waals surface area contributed by atoms with Gasteiger partial charge in [-0.1, -0.05) is 102 Å². The van der Waals surface area contributed by atoms with Crippen molar-refractivity contribution in [1.29, 1.82) is 0 Å². The van der Waals surface area contributed by atoms with Gasteiger partial charge in [0.15, 0.2) is 19.6 Å². The summed E-state index contributed by atoms with van der Waals surface area (Å²) < 4.78 is -0.434. The molecular weight excluding hydrogens is 446 g/mol. The second-order valence-electron chi connectivity index (χ2n) is 10.2. The Morgan fingerprint density at radius 2 is 0.743 bits per heavy atom. The van der Waals surface area contributed by atoms with Gasteiger partial charge in [-0.05, 0) is 25.7 Å². The Hall–Kier alpha value is -1.89. The Bertz CT molecular complexity index is 537. The molecule has 0 heterocycles.